The van der Waals surface area contributed by atoms with Crippen molar-refractivity contribution in [2.24, 2.45) is 5.92 Å². The van der Waals surface area contributed by atoms with Gasteiger partial charge in [0, 0.05) is 12.5 Å². The van der Waals surface area contributed by atoms with E-state index in [9.17, 15) is 0 Å². The van der Waals surface area contributed by atoms with E-state index in [0.717, 1.165) is 15.1 Å². The third kappa shape index (κ3) is 3.14. The molecule has 1 atom stereocenters. The van der Waals surface area contributed by atoms with Crippen LogP contribution in [-0.4, -0.2) is 16.6 Å². The minimum absolute atomic E-state index is 0.0676. The fourth-order valence-corrected chi connectivity index (χ4v) is 2.82. The fraction of sp³-hybridized carbons (Fsp3) is 0.692. The lowest BCUT2D eigenvalue weighted by Gasteiger charge is -2.20. The van der Waals surface area contributed by atoms with E-state index in [1.165, 1.54) is 12.8 Å². The van der Waals surface area contributed by atoms with Crippen molar-refractivity contribution in [1.82, 2.24) is 9.97 Å². The van der Waals surface area contributed by atoms with Crippen LogP contribution in [-0.2, 0) is 4.74 Å². The summed E-state index contributed by atoms with van der Waals surface area (Å²) in [6, 6.07) is 0. The summed E-state index contributed by atoms with van der Waals surface area (Å²) >= 11 is 8.47. The normalized spacial score (nSPS) is 17.2. The van der Waals surface area contributed by atoms with Crippen molar-refractivity contribution in [3.63, 3.8) is 0 Å². The summed E-state index contributed by atoms with van der Waals surface area (Å²) in [6.07, 6.45) is 2.36. The van der Waals surface area contributed by atoms with E-state index in [-0.39, 0.29) is 6.10 Å². The third-order valence-corrected chi connectivity index (χ3v) is 4.68. The van der Waals surface area contributed by atoms with Gasteiger partial charge >= 0.3 is 0 Å². The second-order valence-electron chi connectivity index (χ2n) is 4.97. The van der Waals surface area contributed by atoms with Gasteiger partial charge in [-0.15, -0.1) is 0 Å². The number of hydrogen-bond donors (Lipinski definition) is 0. The van der Waals surface area contributed by atoms with Crippen LogP contribution in [0.4, 0.5) is 0 Å². The summed E-state index contributed by atoms with van der Waals surface area (Å²) in [5.41, 5.74) is 1.11. The summed E-state index contributed by atoms with van der Waals surface area (Å²) in [4.78, 5) is 9.11. The predicted molar refractivity (Wildman–Crippen MR) is 80.9 cm³/mol. The molecule has 1 heterocycles. The van der Waals surface area contributed by atoms with E-state index < -0.39 is 0 Å². The van der Waals surface area contributed by atoms with Crippen LogP contribution in [0.2, 0.25) is 5.15 Å². The second-order valence-corrected chi connectivity index (χ2v) is 6.40. The lowest BCUT2D eigenvalue weighted by Crippen LogP contribution is -2.16. The molecule has 18 heavy (non-hydrogen) atoms. The fourth-order valence-electron chi connectivity index (χ4n) is 1.95. The maximum absolute atomic E-state index is 6.23. The van der Waals surface area contributed by atoms with Crippen LogP contribution in [0.5, 0.6) is 0 Å². The zero-order chi connectivity index (χ0) is 13.3. The molecule has 0 radical (unpaired) electrons. The molecular weight excluding hydrogens is 363 g/mol. The molecule has 100 valence electrons. The summed E-state index contributed by atoms with van der Waals surface area (Å²) in [7, 11) is 0. The van der Waals surface area contributed by atoms with Gasteiger partial charge < -0.3 is 4.74 Å². The summed E-state index contributed by atoms with van der Waals surface area (Å²) in [5, 5.41) is 0.563. The first kappa shape index (κ1) is 14.5. The van der Waals surface area contributed by atoms with Crippen molar-refractivity contribution in [2.45, 2.75) is 45.6 Å². The van der Waals surface area contributed by atoms with E-state index >= 15 is 0 Å². The van der Waals surface area contributed by atoms with Gasteiger partial charge in [0.05, 0.1) is 9.26 Å². The third-order valence-electron chi connectivity index (χ3n) is 3.02. The molecule has 1 aromatic heterocycles. The lowest BCUT2D eigenvalue weighted by atomic mass is 10.1. The number of hydrogen-bond acceptors (Lipinski definition) is 3. The van der Waals surface area contributed by atoms with Crippen LogP contribution in [0.3, 0.4) is 0 Å². The topological polar surface area (TPSA) is 35.0 Å². The van der Waals surface area contributed by atoms with Crippen LogP contribution < -0.4 is 0 Å². The molecule has 1 aromatic rings. The van der Waals surface area contributed by atoms with Crippen LogP contribution in [0.25, 0.3) is 0 Å². The van der Waals surface area contributed by atoms with Crippen LogP contribution in [0.1, 0.15) is 57.2 Å². The van der Waals surface area contributed by atoms with Crippen molar-refractivity contribution in [2.75, 3.05) is 6.61 Å². The van der Waals surface area contributed by atoms with Gasteiger partial charge in [-0.25, -0.2) is 9.97 Å². The molecule has 0 saturated heterocycles. The Bertz CT molecular complexity index is 435. The Labute approximate surface area is 127 Å². The van der Waals surface area contributed by atoms with Gasteiger partial charge in [-0.3, -0.25) is 0 Å². The smallest absolute Gasteiger partial charge is 0.159 e. The van der Waals surface area contributed by atoms with Crippen molar-refractivity contribution < 1.29 is 4.74 Å². The van der Waals surface area contributed by atoms with E-state index in [0.29, 0.717) is 23.6 Å². The second kappa shape index (κ2) is 6.01. The van der Waals surface area contributed by atoms with Crippen molar-refractivity contribution >= 4 is 34.2 Å². The van der Waals surface area contributed by atoms with E-state index in [1.54, 1.807) is 0 Å². The Kier molecular flexibility index (Phi) is 4.83. The number of ether oxygens (including phenoxy) is 1. The maximum Gasteiger partial charge on any atom is 0.159 e. The van der Waals surface area contributed by atoms with Crippen LogP contribution in [0.15, 0.2) is 0 Å². The van der Waals surface area contributed by atoms with Gasteiger partial charge in [-0.05, 0) is 48.3 Å². The lowest BCUT2D eigenvalue weighted by molar-refractivity contribution is 0.0230. The highest BCUT2D eigenvalue weighted by Gasteiger charge is 2.31. The van der Waals surface area contributed by atoms with E-state index in [4.69, 9.17) is 21.3 Å². The number of nitrogens with zero attached hydrogens (tertiary/aromatic N) is 2. The van der Waals surface area contributed by atoms with E-state index in [1.807, 2.05) is 6.92 Å². The van der Waals surface area contributed by atoms with Gasteiger partial charge in [0.2, 0.25) is 0 Å². The molecule has 0 N–H and O–H groups in total. The van der Waals surface area contributed by atoms with Crippen molar-refractivity contribution in [3.05, 3.63) is 20.2 Å². The highest BCUT2D eigenvalue weighted by molar-refractivity contribution is 14.1. The first-order chi connectivity index (χ1) is 8.54. The predicted octanol–water partition coefficient (Wildman–Crippen LogP) is 4.35. The first-order valence-corrected chi connectivity index (χ1v) is 7.84. The molecule has 1 fully saturated rings. The Morgan fingerprint density at radius 2 is 2.06 bits per heavy atom. The molecule has 0 amide bonds. The Hall–Kier alpha value is 0.0600. The highest BCUT2D eigenvalue weighted by atomic mass is 127. The molecule has 0 spiro atoms. The number of aromatic nitrogens is 2. The zero-order valence-corrected chi connectivity index (χ0v) is 13.8. The van der Waals surface area contributed by atoms with Crippen molar-refractivity contribution in [1.29, 1.82) is 0 Å². The molecule has 1 saturated carbocycles. The Balaban J connectivity index is 2.37. The SMILES string of the molecule is CCOC(c1nc(Cl)c(I)c(C2CC2)n1)C(C)C. The average Bonchev–Trinajstić information content (AvgIpc) is 3.13. The maximum atomic E-state index is 6.23. The molecule has 1 unspecified atom stereocenters. The minimum atomic E-state index is -0.0676. The summed E-state index contributed by atoms with van der Waals surface area (Å²) < 4.78 is 6.75. The number of rotatable bonds is 5. The van der Waals surface area contributed by atoms with Gasteiger partial charge in [-0.2, -0.15) is 0 Å². The van der Waals surface area contributed by atoms with Gasteiger partial charge in [0.15, 0.2) is 5.82 Å². The summed E-state index contributed by atoms with van der Waals surface area (Å²) in [6.45, 7) is 6.89. The Morgan fingerprint density at radius 1 is 1.39 bits per heavy atom. The monoisotopic (exact) mass is 380 g/mol. The molecule has 2 rings (SSSR count). The van der Waals surface area contributed by atoms with Gasteiger partial charge in [0.25, 0.3) is 0 Å². The Morgan fingerprint density at radius 3 is 2.56 bits per heavy atom. The molecule has 0 bridgehead atoms. The standard InChI is InChI=1S/C13H18ClIN2O/c1-4-18-11(7(2)3)13-16-10(8-5-6-8)9(15)12(14)17-13/h7-8,11H,4-6H2,1-3H3. The molecule has 0 aliphatic heterocycles. The molecule has 1 aliphatic carbocycles. The van der Waals surface area contributed by atoms with Crippen LogP contribution in [0, 0.1) is 9.49 Å². The van der Waals surface area contributed by atoms with Crippen molar-refractivity contribution in [3.8, 4) is 0 Å². The molecular formula is C13H18ClIN2O. The first-order valence-electron chi connectivity index (χ1n) is 6.39. The quantitative estimate of drug-likeness (QED) is 0.563. The molecule has 1 aliphatic rings. The van der Waals surface area contributed by atoms with Crippen LogP contribution >= 0.6 is 34.2 Å². The minimum Gasteiger partial charge on any atom is -0.370 e. The van der Waals surface area contributed by atoms with Gasteiger partial charge in [0.1, 0.15) is 11.3 Å². The highest BCUT2D eigenvalue weighted by Crippen LogP contribution is 2.42. The number of halogens is 2. The van der Waals surface area contributed by atoms with Gasteiger partial charge in [-0.1, -0.05) is 25.4 Å². The van der Waals surface area contributed by atoms with E-state index in [2.05, 4.69) is 41.4 Å². The molecule has 0 aromatic carbocycles. The zero-order valence-electron chi connectivity index (χ0n) is 10.9. The molecule has 3 nitrogen and oxygen atoms in total. The summed E-state index contributed by atoms with van der Waals surface area (Å²) in [5.74, 6) is 1.65. The largest absolute Gasteiger partial charge is 0.370 e. The average molecular weight is 381 g/mol. The molecule has 5 heteroatoms.